The monoisotopic (exact) mass is 260 g/mol. The first-order chi connectivity index (χ1) is 7.86. The van der Waals surface area contributed by atoms with E-state index >= 15 is 0 Å². The molecule has 0 radical (unpaired) electrons. The summed E-state index contributed by atoms with van der Waals surface area (Å²) in [5.41, 5.74) is 0. The van der Waals surface area contributed by atoms with E-state index in [4.69, 9.17) is 8.97 Å². The average Bonchev–Trinajstić information content (AvgIpc) is 2.62. The molecule has 2 rings (SSSR count). The largest absolute Gasteiger partial charge is 0.425 e. The maximum atomic E-state index is 11.2. The zero-order chi connectivity index (χ0) is 12.6. The molecule has 0 bridgehead atoms. The Morgan fingerprint density at radius 3 is 2.53 bits per heavy atom. The Labute approximate surface area is 100 Å². The van der Waals surface area contributed by atoms with Gasteiger partial charge in [-0.1, -0.05) is 6.92 Å². The van der Waals surface area contributed by atoms with Crippen LogP contribution < -0.4 is 0 Å². The fraction of sp³-hybridized carbons (Fsp3) is 0.800. The molecule has 1 aliphatic rings. The maximum Gasteiger partial charge on any atom is 0.267 e. The Morgan fingerprint density at radius 2 is 2.00 bits per heavy atom. The lowest BCUT2D eigenvalue weighted by molar-refractivity contribution is 0.291. The van der Waals surface area contributed by atoms with Crippen LogP contribution in [0.1, 0.15) is 43.9 Å². The van der Waals surface area contributed by atoms with Crippen molar-refractivity contribution in [2.45, 2.75) is 44.3 Å². The van der Waals surface area contributed by atoms with Crippen LogP contribution in [0.2, 0.25) is 0 Å². The first-order valence-electron chi connectivity index (χ1n) is 5.62. The number of rotatable bonds is 2. The van der Waals surface area contributed by atoms with Crippen LogP contribution in [-0.4, -0.2) is 28.4 Å². The summed E-state index contributed by atoms with van der Waals surface area (Å²) in [6.07, 6.45) is 1.65. The van der Waals surface area contributed by atoms with Crippen molar-refractivity contribution in [3.63, 3.8) is 0 Å². The molecule has 1 aromatic heterocycles. The third-order valence-corrected chi connectivity index (χ3v) is 4.44. The summed E-state index contributed by atoms with van der Waals surface area (Å²) in [5, 5.41) is 6.95. The Hall–Kier alpha value is -0.950. The van der Waals surface area contributed by atoms with E-state index in [1.807, 2.05) is 6.92 Å². The van der Waals surface area contributed by atoms with E-state index in [2.05, 4.69) is 10.2 Å². The topological polar surface area (TPSA) is 93.3 Å². The van der Waals surface area contributed by atoms with E-state index in [1.54, 1.807) is 6.92 Å². The molecule has 0 amide bonds. The molecule has 1 heterocycles. The van der Waals surface area contributed by atoms with Crippen LogP contribution in [0.5, 0.6) is 0 Å². The van der Waals surface area contributed by atoms with Crippen molar-refractivity contribution in [3.8, 4) is 0 Å². The van der Waals surface area contributed by atoms with Crippen molar-refractivity contribution in [3.05, 3.63) is 11.8 Å². The lowest BCUT2D eigenvalue weighted by atomic mass is 9.82. The predicted molar refractivity (Wildman–Crippen MR) is 60.1 cm³/mol. The van der Waals surface area contributed by atoms with Gasteiger partial charge in [-0.05, 0) is 25.2 Å². The minimum absolute atomic E-state index is 0.0770. The average molecular weight is 260 g/mol. The minimum Gasteiger partial charge on any atom is -0.425 e. The quantitative estimate of drug-likeness (QED) is 0.811. The van der Waals surface area contributed by atoms with Gasteiger partial charge in [-0.25, -0.2) is 0 Å². The second kappa shape index (κ2) is 4.38. The Bertz CT molecular complexity index is 496. The second-order valence-electron chi connectivity index (χ2n) is 4.81. The number of aromatic nitrogens is 2. The zero-order valence-electron chi connectivity index (χ0n) is 9.83. The van der Waals surface area contributed by atoms with Gasteiger partial charge in [-0.3, -0.25) is 4.55 Å². The molecule has 1 fully saturated rings. The number of hydrogen-bond acceptors (Lipinski definition) is 5. The minimum atomic E-state index is -3.98. The molecule has 1 aromatic rings. The van der Waals surface area contributed by atoms with E-state index in [1.165, 1.54) is 0 Å². The molecular weight excluding hydrogens is 244 g/mol. The third kappa shape index (κ3) is 2.84. The van der Waals surface area contributed by atoms with E-state index in [0.717, 1.165) is 6.42 Å². The fourth-order valence-electron chi connectivity index (χ4n) is 2.46. The van der Waals surface area contributed by atoms with Crippen molar-refractivity contribution >= 4 is 10.1 Å². The van der Waals surface area contributed by atoms with Crippen molar-refractivity contribution in [1.82, 2.24) is 10.2 Å². The molecule has 3 unspecified atom stereocenters. The highest BCUT2D eigenvalue weighted by atomic mass is 32.2. The Kier molecular flexibility index (Phi) is 3.22. The van der Waals surface area contributed by atoms with Crippen molar-refractivity contribution in [1.29, 1.82) is 0 Å². The summed E-state index contributed by atoms with van der Waals surface area (Å²) in [6.45, 7) is 3.66. The molecule has 0 spiro atoms. The summed E-state index contributed by atoms with van der Waals surface area (Å²) in [5.74, 6) is 1.09. The van der Waals surface area contributed by atoms with Gasteiger partial charge < -0.3 is 4.42 Å². The van der Waals surface area contributed by atoms with Crippen molar-refractivity contribution in [2.24, 2.45) is 5.92 Å². The van der Waals surface area contributed by atoms with Crippen LogP contribution in [0.25, 0.3) is 0 Å². The highest BCUT2D eigenvalue weighted by Crippen LogP contribution is 2.37. The first kappa shape index (κ1) is 12.5. The highest BCUT2D eigenvalue weighted by Gasteiger charge is 2.36. The molecule has 7 heteroatoms. The van der Waals surface area contributed by atoms with Gasteiger partial charge in [0, 0.05) is 12.8 Å². The van der Waals surface area contributed by atoms with Gasteiger partial charge in [0.2, 0.25) is 11.8 Å². The Balaban J connectivity index is 2.20. The standard InChI is InChI=1S/C10H16N2O4S/c1-6-3-8(10-12-11-7(2)16-10)5-9(4-6)17(13,14)15/h6,8-9H,3-5H2,1-2H3,(H,13,14,15). The molecule has 0 aliphatic heterocycles. The van der Waals surface area contributed by atoms with Crippen LogP contribution in [0.15, 0.2) is 4.42 Å². The van der Waals surface area contributed by atoms with Crippen LogP contribution in [0, 0.1) is 12.8 Å². The van der Waals surface area contributed by atoms with E-state index < -0.39 is 15.4 Å². The summed E-state index contributed by atoms with van der Waals surface area (Å²) in [7, 11) is -3.98. The summed E-state index contributed by atoms with van der Waals surface area (Å²) in [6, 6.07) is 0. The van der Waals surface area contributed by atoms with Crippen LogP contribution in [0.4, 0.5) is 0 Å². The molecule has 0 aromatic carbocycles. The predicted octanol–water partition coefficient (Wildman–Crippen LogP) is 1.54. The second-order valence-corrected chi connectivity index (χ2v) is 6.50. The smallest absolute Gasteiger partial charge is 0.267 e. The van der Waals surface area contributed by atoms with Gasteiger partial charge in [0.25, 0.3) is 10.1 Å². The van der Waals surface area contributed by atoms with E-state index in [0.29, 0.717) is 24.6 Å². The number of hydrogen-bond donors (Lipinski definition) is 1. The normalized spacial score (nSPS) is 30.4. The van der Waals surface area contributed by atoms with Gasteiger partial charge >= 0.3 is 0 Å². The lowest BCUT2D eigenvalue weighted by Gasteiger charge is -2.29. The maximum absolute atomic E-state index is 11.2. The molecule has 1 aliphatic carbocycles. The molecule has 3 atom stereocenters. The third-order valence-electron chi connectivity index (χ3n) is 3.21. The first-order valence-corrected chi connectivity index (χ1v) is 7.13. The molecular formula is C10H16N2O4S. The van der Waals surface area contributed by atoms with Crippen LogP contribution in [-0.2, 0) is 10.1 Å². The number of aryl methyl sites for hydroxylation is 1. The summed E-state index contributed by atoms with van der Waals surface area (Å²) >= 11 is 0. The lowest BCUT2D eigenvalue weighted by Crippen LogP contribution is -2.30. The van der Waals surface area contributed by atoms with E-state index in [9.17, 15) is 8.42 Å². The van der Waals surface area contributed by atoms with Crippen LogP contribution in [0.3, 0.4) is 0 Å². The van der Waals surface area contributed by atoms with Crippen molar-refractivity contribution < 1.29 is 17.4 Å². The number of nitrogens with zero attached hydrogens (tertiary/aromatic N) is 2. The molecule has 96 valence electrons. The highest BCUT2D eigenvalue weighted by molar-refractivity contribution is 7.86. The fourth-order valence-corrected chi connectivity index (χ4v) is 3.51. The van der Waals surface area contributed by atoms with Gasteiger partial charge in [-0.2, -0.15) is 8.42 Å². The molecule has 1 N–H and O–H groups in total. The van der Waals surface area contributed by atoms with Gasteiger partial charge in [-0.15, -0.1) is 10.2 Å². The van der Waals surface area contributed by atoms with Gasteiger partial charge in [0.05, 0.1) is 5.25 Å². The molecule has 6 nitrogen and oxygen atoms in total. The molecule has 17 heavy (non-hydrogen) atoms. The van der Waals surface area contributed by atoms with Gasteiger partial charge in [0.15, 0.2) is 0 Å². The Morgan fingerprint density at radius 1 is 1.29 bits per heavy atom. The zero-order valence-corrected chi connectivity index (χ0v) is 10.6. The van der Waals surface area contributed by atoms with Gasteiger partial charge in [0.1, 0.15) is 0 Å². The molecule has 1 saturated carbocycles. The summed E-state index contributed by atoms with van der Waals surface area (Å²) in [4.78, 5) is 0. The van der Waals surface area contributed by atoms with Crippen LogP contribution >= 0.6 is 0 Å². The molecule has 0 saturated heterocycles. The summed E-state index contributed by atoms with van der Waals surface area (Å²) < 4.78 is 36.9. The van der Waals surface area contributed by atoms with E-state index in [-0.39, 0.29) is 11.8 Å². The SMILES string of the molecule is Cc1nnc(C2CC(C)CC(S(=O)(=O)O)C2)o1. The van der Waals surface area contributed by atoms with Crippen molar-refractivity contribution in [2.75, 3.05) is 0 Å².